The molecule has 7 heteroatoms. The Bertz CT molecular complexity index is 796. The molecule has 0 bridgehead atoms. The largest absolute Gasteiger partial charge is 2.00 e. The first-order valence-corrected chi connectivity index (χ1v) is 9.56. The number of benzene rings is 2. The van der Waals surface area contributed by atoms with Crippen LogP contribution in [0.2, 0.25) is 0 Å². The normalized spacial score (nSPS) is 16.2. The van der Waals surface area contributed by atoms with Crippen LogP contribution in [-0.4, -0.2) is 11.6 Å². The summed E-state index contributed by atoms with van der Waals surface area (Å²) in [6.07, 6.45) is 3.12. The topological polar surface area (TPSA) is 62.3 Å². The fourth-order valence-electron chi connectivity index (χ4n) is 2.25. The van der Waals surface area contributed by atoms with Crippen molar-refractivity contribution < 1.29 is 26.1 Å². The van der Waals surface area contributed by atoms with Gasteiger partial charge < -0.3 is 10.6 Å². The predicted molar refractivity (Wildman–Crippen MR) is 108 cm³/mol. The molecular weight excluding hydrogens is 423 g/mol. The molecule has 2 aliphatic heterocycles. The van der Waals surface area contributed by atoms with Crippen molar-refractivity contribution in [2.75, 3.05) is 0 Å². The van der Waals surface area contributed by atoms with E-state index in [-0.39, 0.29) is 28.1 Å². The molecular formula is C20H16N2NiO2S2. The van der Waals surface area contributed by atoms with Crippen LogP contribution in [0.5, 0.6) is 0 Å². The second-order valence-electron chi connectivity index (χ2n) is 5.55. The predicted octanol–water partition coefficient (Wildman–Crippen LogP) is 6.45. The van der Waals surface area contributed by atoms with Gasteiger partial charge in [0.2, 0.25) is 0 Å². The first kappa shape index (κ1) is 21.4. The van der Waals surface area contributed by atoms with E-state index in [4.69, 9.17) is 0 Å². The summed E-state index contributed by atoms with van der Waals surface area (Å²) in [6.45, 7) is 3.07. The van der Waals surface area contributed by atoms with E-state index in [0.29, 0.717) is 0 Å². The van der Waals surface area contributed by atoms with Crippen molar-refractivity contribution in [1.82, 2.24) is 0 Å². The van der Waals surface area contributed by atoms with Gasteiger partial charge in [-0.3, -0.25) is 9.59 Å². The number of hydrogen-bond donors (Lipinski definition) is 0. The van der Waals surface area contributed by atoms with Crippen LogP contribution in [0.15, 0.2) is 80.5 Å². The first-order chi connectivity index (χ1) is 12.5. The maximum Gasteiger partial charge on any atom is 2.00 e. The van der Waals surface area contributed by atoms with Gasteiger partial charge in [0.25, 0.3) is 0 Å². The summed E-state index contributed by atoms with van der Waals surface area (Å²) in [4.78, 5) is 23.8. The average Bonchev–Trinajstić information content (AvgIpc) is 3.16. The van der Waals surface area contributed by atoms with E-state index in [1.807, 2.05) is 48.5 Å². The summed E-state index contributed by atoms with van der Waals surface area (Å²) < 4.78 is 0. The summed E-state index contributed by atoms with van der Waals surface area (Å²) in [7, 11) is 0. The van der Waals surface area contributed by atoms with Crippen molar-refractivity contribution in [3.8, 4) is 0 Å². The molecule has 0 radical (unpaired) electrons. The maximum absolute atomic E-state index is 10.8. The molecule has 0 spiro atoms. The van der Waals surface area contributed by atoms with Gasteiger partial charge in [0.1, 0.15) is 0 Å². The molecule has 2 heterocycles. The van der Waals surface area contributed by atoms with Gasteiger partial charge in [-0.25, -0.2) is 0 Å². The fraction of sp³-hybridized carbons (Fsp3) is 0.100. The minimum Gasteiger partial charge on any atom is -0.651 e. The van der Waals surface area contributed by atoms with Gasteiger partial charge in [-0.15, -0.1) is 34.9 Å². The van der Waals surface area contributed by atoms with Crippen LogP contribution in [-0.2, 0) is 26.1 Å². The van der Waals surface area contributed by atoms with E-state index in [1.54, 1.807) is 12.2 Å². The second-order valence-corrected chi connectivity index (χ2v) is 7.67. The molecule has 0 N–H and O–H groups in total. The van der Waals surface area contributed by atoms with Gasteiger partial charge in [-0.1, -0.05) is 46.5 Å². The van der Waals surface area contributed by atoms with E-state index in [9.17, 15) is 9.59 Å². The van der Waals surface area contributed by atoms with Crippen LogP contribution < -0.4 is 0 Å². The van der Waals surface area contributed by atoms with Gasteiger partial charge in [0.05, 0.1) is 0 Å². The van der Waals surface area contributed by atoms with Crippen LogP contribution >= 0.6 is 23.5 Å². The molecule has 140 valence electrons. The molecule has 2 aromatic carbocycles. The molecule has 0 saturated carbocycles. The molecule has 0 fully saturated rings. The van der Waals surface area contributed by atoms with Crippen molar-refractivity contribution >= 4 is 46.5 Å². The molecule has 0 aromatic heterocycles. The monoisotopic (exact) mass is 438 g/mol. The number of carbonyl (C=O) groups is 2. The molecule has 0 aliphatic carbocycles. The number of ketones is 2. The van der Waals surface area contributed by atoms with E-state index in [1.165, 1.54) is 37.4 Å². The van der Waals surface area contributed by atoms with Crippen LogP contribution in [0, 0.1) is 0 Å². The Morgan fingerprint density at radius 2 is 1.11 bits per heavy atom. The summed E-state index contributed by atoms with van der Waals surface area (Å²) in [5.41, 5.74) is 1.92. The number of thioether (sulfide) groups is 2. The zero-order valence-electron chi connectivity index (χ0n) is 14.6. The molecule has 0 unspecified atom stereocenters. The molecule has 0 atom stereocenters. The Morgan fingerprint density at radius 1 is 0.741 bits per heavy atom. The summed E-state index contributed by atoms with van der Waals surface area (Å²) in [6, 6.07) is 15.7. The average molecular weight is 439 g/mol. The first-order valence-electron chi connectivity index (χ1n) is 7.93. The van der Waals surface area contributed by atoms with Crippen molar-refractivity contribution in [3.05, 3.63) is 81.4 Å². The third-order valence-corrected chi connectivity index (χ3v) is 5.24. The number of para-hydroxylation sites is 2. The summed E-state index contributed by atoms with van der Waals surface area (Å²) >= 11 is 3.08. The number of rotatable bonds is 2. The van der Waals surface area contributed by atoms with E-state index >= 15 is 0 Å². The Balaban J connectivity index is 0.000000187. The molecule has 2 aliphatic rings. The smallest absolute Gasteiger partial charge is 0.651 e. The Morgan fingerprint density at radius 3 is 1.44 bits per heavy atom. The summed E-state index contributed by atoms with van der Waals surface area (Å²) in [5.74, 6) is 0.0816. The number of nitrogens with zero attached hydrogens (tertiary/aromatic N) is 2. The zero-order chi connectivity index (χ0) is 18.5. The van der Waals surface area contributed by atoms with Gasteiger partial charge in [0.15, 0.2) is 11.6 Å². The number of fused-ring (bicyclic) bond motifs is 2. The summed E-state index contributed by atoms with van der Waals surface area (Å²) in [5, 5.41) is 10.2. The molecule has 2 aromatic rings. The van der Waals surface area contributed by atoms with Gasteiger partial charge in [-0.2, -0.15) is 0 Å². The van der Waals surface area contributed by atoms with E-state index in [2.05, 4.69) is 10.6 Å². The maximum atomic E-state index is 10.8. The van der Waals surface area contributed by atoms with E-state index in [0.717, 1.165) is 31.2 Å². The minimum atomic E-state index is 0. The molecule has 4 nitrogen and oxygen atoms in total. The number of allylic oxidation sites excluding steroid dienone is 2. The Labute approximate surface area is 177 Å². The second kappa shape index (κ2) is 9.83. The van der Waals surface area contributed by atoms with Gasteiger partial charge in [0, 0.05) is 0 Å². The van der Waals surface area contributed by atoms with Crippen LogP contribution in [0.25, 0.3) is 10.6 Å². The van der Waals surface area contributed by atoms with Gasteiger partial charge >= 0.3 is 16.5 Å². The molecule has 0 amide bonds. The standard InChI is InChI=1S/2C10H9NOS.Ni/c2*1-7(12)6-10-11-8-4-2-3-5-9(8)13-10;/h2*2-6H,1H3,(H,11,12);/q;;+2/p-2. The SMILES string of the molecule is CC(=O)/C=C1\[N-]c2ccccc2S1.CC(=O)/C=C1\[N-]c2ccccc2S1.[Ni+2]. The number of carbonyl (C=O) groups excluding carboxylic acids is 2. The quantitative estimate of drug-likeness (QED) is 0.399. The van der Waals surface area contributed by atoms with Gasteiger partial charge in [-0.05, 0) is 47.9 Å². The van der Waals surface area contributed by atoms with E-state index < -0.39 is 0 Å². The third kappa shape index (κ3) is 6.03. The van der Waals surface area contributed by atoms with Crippen molar-refractivity contribution in [2.45, 2.75) is 23.6 Å². The van der Waals surface area contributed by atoms with Crippen molar-refractivity contribution in [3.63, 3.8) is 0 Å². The minimum absolute atomic E-state index is 0. The van der Waals surface area contributed by atoms with Crippen LogP contribution in [0.3, 0.4) is 0 Å². The zero-order valence-corrected chi connectivity index (χ0v) is 17.2. The Kier molecular flexibility index (Phi) is 7.78. The van der Waals surface area contributed by atoms with Crippen molar-refractivity contribution in [1.29, 1.82) is 0 Å². The van der Waals surface area contributed by atoms with Crippen LogP contribution in [0.1, 0.15) is 13.8 Å². The molecule has 27 heavy (non-hydrogen) atoms. The third-order valence-electron chi connectivity index (χ3n) is 3.27. The molecule has 4 rings (SSSR count). The molecule has 0 saturated heterocycles. The number of hydrogen-bond acceptors (Lipinski definition) is 4. The van der Waals surface area contributed by atoms with Crippen LogP contribution in [0.4, 0.5) is 11.4 Å². The van der Waals surface area contributed by atoms with Crippen molar-refractivity contribution in [2.24, 2.45) is 0 Å². The fourth-order valence-corrected chi connectivity index (χ4v) is 4.17. The Hall–Kier alpha value is -1.95.